The lowest BCUT2D eigenvalue weighted by Gasteiger charge is -2.10. The molecule has 0 unspecified atom stereocenters. The Morgan fingerprint density at radius 2 is 1.54 bits per heavy atom. The zero-order valence-corrected chi connectivity index (χ0v) is 15.3. The smallest absolute Gasteiger partial charge is 0.372 e. The second-order valence-electron chi connectivity index (χ2n) is 6.30. The second kappa shape index (κ2) is 7.45. The molecule has 0 amide bonds. The zero-order chi connectivity index (χ0) is 19.5. The van der Waals surface area contributed by atoms with Crippen molar-refractivity contribution in [2.75, 3.05) is 7.11 Å². The van der Waals surface area contributed by atoms with E-state index in [1.54, 1.807) is 13.2 Å². The Bertz CT molecular complexity index is 1150. The first-order valence-corrected chi connectivity index (χ1v) is 8.84. The van der Waals surface area contributed by atoms with E-state index >= 15 is 0 Å². The van der Waals surface area contributed by atoms with Crippen molar-refractivity contribution in [2.45, 2.75) is 0 Å². The summed E-state index contributed by atoms with van der Waals surface area (Å²) in [6.07, 6.45) is 1.88. The van der Waals surface area contributed by atoms with Crippen molar-refractivity contribution < 1.29 is 19.1 Å². The molecule has 0 aliphatic heterocycles. The maximum atomic E-state index is 11.8. The molecule has 28 heavy (non-hydrogen) atoms. The Morgan fingerprint density at radius 1 is 0.893 bits per heavy atom. The van der Waals surface area contributed by atoms with E-state index < -0.39 is 5.97 Å². The number of carboxylic acid groups (broad SMARTS) is 1. The molecular formula is C24H18O4. The lowest BCUT2D eigenvalue weighted by molar-refractivity contribution is 0.0664. The van der Waals surface area contributed by atoms with Gasteiger partial charge in [-0.25, -0.2) is 4.79 Å². The van der Waals surface area contributed by atoms with Gasteiger partial charge in [0.25, 0.3) is 0 Å². The number of ether oxygens (including phenoxy) is 1. The van der Waals surface area contributed by atoms with Crippen LogP contribution >= 0.6 is 0 Å². The molecule has 0 fully saturated rings. The topological polar surface area (TPSA) is 59.7 Å². The van der Waals surface area contributed by atoms with Crippen LogP contribution in [0, 0.1) is 0 Å². The van der Waals surface area contributed by atoms with Gasteiger partial charge in [0.15, 0.2) is 0 Å². The normalized spacial score (nSPS) is 11.5. The van der Waals surface area contributed by atoms with Gasteiger partial charge in [0.1, 0.15) is 11.3 Å². The van der Waals surface area contributed by atoms with E-state index in [2.05, 4.69) is 0 Å². The third kappa shape index (κ3) is 3.28. The molecule has 4 nitrogen and oxygen atoms in total. The molecule has 0 bridgehead atoms. The van der Waals surface area contributed by atoms with Crippen LogP contribution in [0.3, 0.4) is 0 Å². The number of carbonyl (C=O) groups is 1. The van der Waals surface area contributed by atoms with Crippen LogP contribution in [-0.2, 0) is 0 Å². The van der Waals surface area contributed by atoms with Crippen LogP contribution in [0.15, 0.2) is 83.3 Å². The van der Waals surface area contributed by atoms with E-state index in [9.17, 15) is 9.90 Å². The predicted molar refractivity (Wildman–Crippen MR) is 110 cm³/mol. The number of hydrogen-bond donors (Lipinski definition) is 1. The molecule has 1 aromatic heterocycles. The van der Waals surface area contributed by atoms with Crippen molar-refractivity contribution in [2.24, 2.45) is 0 Å². The monoisotopic (exact) mass is 370 g/mol. The molecule has 4 heteroatoms. The van der Waals surface area contributed by atoms with Gasteiger partial charge >= 0.3 is 5.97 Å². The maximum absolute atomic E-state index is 11.8. The Balaban J connectivity index is 1.97. The predicted octanol–water partition coefficient (Wildman–Crippen LogP) is 5.73. The molecule has 0 saturated carbocycles. The van der Waals surface area contributed by atoms with Crippen LogP contribution in [0.2, 0.25) is 0 Å². The number of hydrogen-bond acceptors (Lipinski definition) is 3. The number of carboxylic acids is 1. The highest BCUT2D eigenvalue weighted by Gasteiger charge is 2.19. The molecule has 0 spiro atoms. The molecule has 0 radical (unpaired) electrons. The van der Waals surface area contributed by atoms with Crippen LogP contribution in [0.1, 0.15) is 27.2 Å². The fourth-order valence-corrected chi connectivity index (χ4v) is 3.23. The number of methoxy groups -OCH3 is 1. The SMILES string of the molecule is COc1ccc(/C(=C\c2c(C(=O)O)oc3ccccc23)c2ccccc2)cc1. The van der Waals surface area contributed by atoms with Gasteiger partial charge in [0.05, 0.1) is 7.11 Å². The standard InChI is InChI=1S/C24H18O4/c1-27-18-13-11-17(12-14-18)20(16-7-3-2-4-8-16)15-21-19-9-5-6-10-22(19)28-23(21)24(25)26/h2-15H,1H3,(H,25,26)/b20-15-. The van der Waals surface area contributed by atoms with E-state index in [0.29, 0.717) is 11.1 Å². The van der Waals surface area contributed by atoms with Crippen molar-refractivity contribution in [3.8, 4) is 5.75 Å². The molecular weight excluding hydrogens is 352 g/mol. The van der Waals surface area contributed by atoms with E-state index in [-0.39, 0.29) is 5.76 Å². The van der Waals surface area contributed by atoms with Crippen LogP contribution < -0.4 is 4.74 Å². The van der Waals surface area contributed by atoms with Crippen molar-refractivity contribution >= 4 is 28.6 Å². The highest BCUT2D eigenvalue weighted by atomic mass is 16.5. The molecule has 0 aliphatic carbocycles. The van der Waals surface area contributed by atoms with Crippen LogP contribution in [0.25, 0.3) is 22.6 Å². The van der Waals surface area contributed by atoms with Gasteiger partial charge in [-0.05, 0) is 41.0 Å². The molecule has 1 heterocycles. The summed E-state index contributed by atoms with van der Waals surface area (Å²) in [7, 11) is 1.62. The molecule has 0 atom stereocenters. The molecule has 3 aromatic carbocycles. The van der Waals surface area contributed by atoms with E-state index in [1.165, 1.54) is 0 Å². The largest absolute Gasteiger partial charge is 0.497 e. The minimum Gasteiger partial charge on any atom is -0.497 e. The fraction of sp³-hybridized carbons (Fsp3) is 0.0417. The fourth-order valence-electron chi connectivity index (χ4n) is 3.23. The highest BCUT2D eigenvalue weighted by molar-refractivity contribution is 6.04. The third-order valence-electron chi connectivity index (χ3n) is 4.60. The van der Waals surface area contributed by atoms with Gasteiger partial charge in [0, 0.05) is 10.9 Å². The lowest BCUT2D eigenvalue weighted by Crippen LogP contribution is -1.97. The first-order chi connectivity index (χ1) is 13.7. The zero-order valence-electron chi connectivity index (χ0n) is 15.3. The molecule has 0 aliphatic rings. The summed E-state index contributed by atoms with van der Waals surface area (Å²) in [5.41, 5.74) is 3.94. The Morgan fingerprint density at radius 3 is 2.21 bits per heavy atom. The van der Waals surface area contributed by atoms with E-state index in [4.69, 9.17) is 9.15 Å². The number of para-hydroxylation sites is 1. The third-order valence-corrected chi connectivity index (χ3v) is 4.60. The minimum atomic E-state index is -1.09. The summed E-state index contributed by atoms with van der Waals surface area (Å²) in [5.74, 6) is -0.399. The number of benzene rings is 3. The second-order valence-corrected chi connectivity index (χ2v) is 6.30. The molecule has 0 saturated heterocycles. The summed E-state index contributed by atoms with van der Waals surface area (Å²) in [6, 6.07) is 24.9. The van der Waals surface area contributed by atoms with Crippen molar-refractivity contribution in [3.05, 3.63) is 101 Å². The quantitative estimate of drug-likeness (QED) is 0.487. The Kier molecular flexibility index (Phi) is 4.68. The Hall–Kier alpha value is -3.79. The van der Waals surface area contributed by atoms with E-state index in [1.807, 2.05) is 78.9 Å². The van der Waals surface area contributed by atoms with Gasteiger partial charge < -0.3 is 14.3 Å². The molecule has 4 aromatic rings. The van der Waals surface area contributed by atoms with Gasteiger partial charge in [-0.1, -0.05) is 60.7 Å². The highest BCUT2D eigenvalue weighted by Crippen LogP contribution is 2.33. The summed E-state index contributed by atoms with van der Waals surface area (Å²) in [6.45, 7) is 0. The maximum Gasteiger partial charge on any atom is 0.372 e. The number of fused-ring (bicyclic) bond motifs is 1. The summed E-state index contributed by atoms with van der Waals surface area (Å²) in [5, 5.41) is 10.4. The van der Waals surface area contributed by atoms with Crippen LogP contribution in [0.4, 0.5) is 0 Å². The average Bonchev–Trinajstić information content (AvgIpc) is 3.11. The first kappa shape index (κ1) is 17.6. The lowest BCUT2D eigenvalue weighted by atomic mass is 9.95. The average molecular weight is 370 g/mol. The number of rotatable bonds is 5. The molecule has 138 valence electrons. The minimum absolute atomic E-state index is 0.0665. The summed E-state index contributed by atoms with van der Waals surface area (Å²) >= 11 is 0. The van der Waals surface area contributed by atoms with Crippen molar-refractivity contribution in [1.82, 2.24) is 0 Å². The van der Waals surface area contributed by atoms with E-state index in [0.717, 1.165) is 27.8 Å². The number of aromatic carboxylic acids is 1. The van der Waals surface area contributed by atoms with Crippen molar-refractivity contribution in [1.29, 1.82) is 0 Å². The van der Waals surface area contributed by atoms with Crippen LogP contribution in [0.5, 0.6) is 5.75 Å². The van der Waals surface area contributed by atoms with Crippen molar-refractivity contribution in [3.63, 3.8) is 0 Å². The number of furan rings is 1. The van der Waals surface area contributed by atoms with Gasteiger partial charge in [0.2, 0.25) is 5.76 Å². The molecule has 1 N–H and O–H groups in total. The van der Waals surface area contributed by atoms with Gasteiger partial charge in [-0.3, -0.25) is 0 Å². The van der Waals surface area contributed by atoms with Crippen LogP contribution in [-0.4, -0.2) is 18.2 Å². The van der Waals surface area contributed by atoms with Gasteiger partial charge in [-0.15, -0.1) is 0 Å². The summed E-state index contributed by atoms with van der Waals surface area (Å²) < 4.78 is 10.9. The summed E-state index contributed by atoms with van der Waals surface area (Å²) in [4.78, 5) is 11.8. The molecule has 4 rings (SSSR count). The first-order valence-electron chi connectivity index (χ1n) is 8.84. The Labute approximate surface area is 162 Å². The van der Waals surface area contributed by atoms with Gasteiger partial charge in [-0.2, -0.15) is 0 Å².